The van der Waals surface area contributed by atoms with E-state index in [0.717, 1.165) is 11.4 Å². The summed E-state index contributed by atoms with van der Waals surface area (Å²) in [4.78, 5) is 1.17. The number of halogens is 2. The van der Waals surface area contributed by atoms with E-state index in [2.05, 4.69) is 10.0 Å². The van der Waals surface area contributed by atoms with Crippen molar-refractivity contribution in [2.45, 2.75) is 18.4 Å². The van der Waals surface area contributed by atoms with Crippen LogP contribution in [0.4, 0.5) is 10.1 Å². The Balaban J connectivity index is 2.19. The van der Waals surface area contributed by atoms with Crippen molar-refractivity contribution in [2.75, 3.05) is 11.3 Å². The van der Waals surface area contributed by atoms with Crippen molar-refractivity contribution in [1.29, 1.82) is 0 Å². The summed E-state index contributed by atoms with van der Waals surface area (Å²) in [7, 11) is -3.65. The van der Waals surface area contributed by atoms with Gasteiger partial charge in [-0.15, -0.1) is 11.3 Å². The largest absolute Gasteiger partial charge is 0.312 e. The Morgan fingerprint density at radius 3 is 2.76 bits per heavy atom. The van der Waals surface area contributed by atoms with E-state index in [0.29, 0.717) is 15.8 Å². The van der Waals surface area contributed by atoms with Crippen LogP contribution in [-0.4, -0.2) is 15.0 Å². The molecule has 0 unspecified atom stereocenters. The van der Waals surface area contributed by atoms with Gasteiger partial charge >= 0.3 is 0 Å². The third-order valence-electron chi connectivity index (χ3n) is 2.66. The summed E-state index contributed by atoms with van der Waals surface area (Å²) >= 11 is 3.28. The summed E-state index contributed by atoms with van der Waals surface area (Å²) in [6.07, 6.45) is 0. The molecule has 0 amide bonds. The van der Waals surface area contributed by atoms with Gasteiger partial charge in [0.25, 0.3) is 10.0 Å². The van der Waals surface area contributed by atoms with Crippen LogP contribution in [0.25, 0.3) is 0 Å². The maximum Gasteiger partial charge on any atom is 0.262 e. The summed E-state index contributed by atoms with van der Waals surface area (Å²) in [5.41, 5.74) is 0.372. The van der Waals surface area contributed by atoms with Crippen LogP contribution < -0.4 is 10.0 Å². The van der Waals surface area contributed by atoms with Gasteiger partial charge in [-0.05, 0) is 53.4 Å². The standard InChI is InChI=1S/C13H14FIN2O2S2/c1-2-16-7-10-6-11(8-20-10)21(18,19)17-13-4-3-9(14)5-12(13)15/h3-6,8,16-17H,2,7H2,1H3. The minimum Gasteiger partial charge on any atom is -0.312 e. The van der Waals surface area contributed by atoms with Gasteiger partial charge < -0.3 is 5.32 Å². The van der Waals surface area contributed by atoms with Crippen LogP contribution in [0.15, 0.2) is 34.5 Å². The van der Waals surface area contributed by atoms with Crippen molar-refractivity contribution in [1.82, 2.24) is 5.32 Å². The highest BCUT2D eigenvalue weighted by molar-refractivity contribution is 14.1. The molecule has 2 N–H and O–H groups in total. The predicted molar refractivity (Wildman–Crippen MR) is 91.6 cm³/mol. The first-order valence-electron chi connectivity index (χ1n) is 6.18. The maximum absolute atomic E-state index is 13.0. The number of anilines is 1. The van der Waals surface area contributed by atoms with E-state index in [1.165, 1.54) is 29.5 Å². The van der Waals surface area contributed by atoms with E-state index < -0.39 is 15.8 Å². The second kappa shape index (κ2) is 7.03. The first-order valence-corrected chi connectivity index (χ1v) is 9.62. The molecule has 8 heteroatoms. The van der Waals surface area contributed by atoms with Gasteiger partial charge in [-0.2, -0.15) is 0 Å². The van der Waals surface area contributed by atoms with Crippen LogP contribution in [-0.2, 0) is 16.6 Å². The smallest absolute Gasteiger partial charge is 0.262 e. The lowest BCUT2D eigenvalue weighted by Gasteiger charge is -2.08. The fourth-order valence-electron chi connectivity index (χ4n) is 1.62. The van der Waals surface area contributed by atoms with E-state index in [1.54, 1.807) is 11.4 Å². The summed E-state index contributed by atoms with van der Waals surface area (Å²) in [5, 5.41) is 4.75. The average molecular weight is 440 g/mol. The van der Waals surface area contributed by atoms with Gasteiger partial charge in [-0.25, -0.2) is 12.8 Å². The molecule has 4 nitrogen and oxygen atoms in total. The molecule has 0 saturated carbocycles. The van der Waals surface area contributed by atoms with Gasteiger partial charge in [0.15, 0.2) is 0 Å². The Labute approximate surface area is 141 Å². The number of benzene rings is 1. The fourth-order valence-corrected chi connectivity index (χ4v) is 4.74. The van der Waals surface area contributed by atoms with E-state index in [1.807, 2.05) is 29.5 Å². The summed E-state index contributed by atoms with van der Waals surface area (Å²) in [6.45, 7) is 3.46. The summed E-state index contributed by atoms with van der Waals surface area (Å²) < 4.78 is 40.6. The molecule has 2 rings (SSSR count). The van der Waals surface area contributed by atoms with Crippen LogP contribution in [0.3, 0.4) is 0 Å². The molecule has 114 valence electrons. The quantitative estimate of drug-likeness (QED) is 0.678. The third-order valence-corrected chi connectivity index (χ3v) is 5.99. The lowest BCUT2D eigenvalue weighted by molar-refractivity contribution is 0.601. The molecule has 0 radical (unpaired) electrons. The molecule has 0 aliphatic heterocycles. The second-order valence-electron chi connectivity index (χ2n) is 4.26. The number of rotatable bonds is 6. The minimum atomic E-state index is -3.65. The zero-order chi connectivity index (χ0) is 15.5. The Morgan fingerprint density at radius 1 is 1.33 bits per heavy atom. The maximum atomic E-state index is 13.0. The van der Waals surface area contributed by atoms with Crippen LogP contribution in [0.1, 0.15) is 11.8 Å². The monoisotopic (exact) mass is 440 g/mol. The first-order chi connectivity index (χ1) is 9.92. The minimum absolute atomic E-state index is 0.223. The zero-order valence-corrected chi connectivity index (χ0v) is 15.0. The Bertz CT molecular complexity index is 732. The average Bonchev–Trinajstić information content (AvgIpc) is 2.89. The van der Waals surface area contributed by atoms with Gasteiger partial charge in [-0.3, -0.25) is 4.72 Å². The highest BCUT2D eigenvalue weighted by Gasteiger charge is 2.17. The second-order valence-corrected chi connectivity index (χ2v) is 8.10. The van der Waals surface area contributed by atoms with Gasteiger partial charge in [0.2, 0.25) is 0 Å². The fraction of sp³-hybridized carbons (Fsp3) is 0.231. The Kier molecular flexibility index (Phi) is 5.58. The van der Waals surface area contributed by atoms with E-state index >= 15 is 0 Å². The van der Waals surface area contributed by atoms with Crippen molar-refractivity contribution in [3.05, 3.63) is 43.9 Å². The molecule has 0 spiro atoms. The Hall–Kier alpha value is -0.710. The van der Waals surface area contributed by atoms with Gasteiger partial charge in [-0.1, -0.05) is 6.92 Å². The number of sulfonamides is 1. The normalized spacial score (nSPS) is 11.6. The highest BCUT2D eigenvalue weighted by Crippen LogP contribution is 2.25. The van der Waals surface area contributed by atoms with Crippen molar-refractivity contribution in [3.63, 3.8) is 0 Å². The number of hydrogen-bond donors (Lipinski definition) is 2. The van der Waals surface area contributed by atoms with Crippen LogP contribution in [0.5, 0.6) is 0 Å². The lowest BCUT2D eigenvalue weighted by Crippen LogP contribution is -2.13. The Morgan fingerprint density at radius 2 is 2.10 bits per heavy atom. The van der Waals surface area contributed by atoms with Crippen molar-refractivity contribution in [2.24, 2.45) is 0 Å². The molecular weight excluding hydrogens is 426 g/mol. The molecule has 0 bridgehead atoms. The number of thiophene rings is 1. The van der Waals surface area contributed by atoms with Crippen LogP contribution in [0.2, 0.25) is 0 Å². The molecule has 0 fully saturated rings. The first kappa shape index (κ1) is 16.7. The molecule has 0 atom stereocenters. The van der Waals surface area contributed by atoms with E-state index in [4.69, 9.17) is 0 Å². The summed E-state index contributed by atoms with van der Waals surface area (Å²) in [6, 6.07) is 5.57. The topological polar surface area (TPSA) is 58.2 Å². The molecule has 1 aromatic heterocycles. The number of hydrogen-bond acceptors (Lipinski definition) is 4. The predicted octanol–water partition coefficient (Wildman–Crippen LogP) is 3.40. The number of nitrogens with one attached hydrogen (secondary N) is 2. The molecule has 2 aromatic rings. The zero-order valence-electron chi connectivity index (χ0n) is 11.2. The third kappa shape index (κ3) is 4.38. The molecule has 21 heavy (non-hydrogen) atoms. The molecule has 0 saturated heterocycles. The molecule has 1 heterocycles. The van der Waals surface area contributed by atoms with Crippen LogP contribution in [0, 0.1) is 9.39 Å². The van der Waals surface area contributed by atoms with Gasteiger partial charge in [0, 0.05) is 20.4 Å². The molecular formula is C13H14FIN2O2S2. The lowest BCUT2D eigenvalue weighted by atomic mass is 10.3. The van der Waals surface area contributed by atoms with Crippen molar-refractivity contribution < 1.29 is 12.8 Å². The van der Waals surface area contributed by atoms with Gasteiger partial charge in [0.1, 0.15) is 5.82 Å². The van der Waals surface area contributed by atoms with E-state index in [-0.39, 0.29) is 4.90 Å². The van der Waals surface area contributed by atoms with Crippen molar-refractivity contribution >= 4 is 49.6 Å². The van der Waals surface area contributed by atoms with Gasteiger partial charge in [0.05, 0.1) is 10.6 Å². The van der Waals surface area contributed by atoms with Crippen molar-refractivity contribution in [3.8, 4) is 0 Å². The molecule has 0 aliphatic carbocycles. The van der Waals surface area contributed by atoms with Crippen LogP contribution >= 0.6 is 33.9 Å². The summed E-state index contributed by atoms with van der Waals surface area (Å²) in [5.74, 6) is -0.397. The SMILES string of the molecule is CCNCc1cc(S(=O)(=O)Nc2ccc(F)cc2I)cs1. The molecule has 1 aromatic carbocycles. The van der Waals surface area contributed by atoms with E-state index in [9.17, 15) is 12.8 Å². The molecule has 0 aliphatic rings. The highest BCUT2D eigenvalue weighted by atomic mass is 127.